The number of alkyl halides is 3. The predicted octanol–water partition coefficient (Wildman–Crippen LogP) is 7.06. The molecule has 0 saturated carbocycles. The Labute approximate surface area is 206 Å². The predicted molar refractivity (Wildman–Crippen MR) is 131 cm³/mol. The summed E-state index contributed by atoms with van der Waals surface area (Å²) >= 11 is 0. The highest BCUT2D eigenvalue weighted by Crippen LogP contribution is 2.35. The standard InChI is InChI=1S/C27H24F3N5O/c1-16(2)20-7-5-6-8-21(20)25-26-22(34(4)15-31-26)14-24(32-25)36-19-11-9-18(10-12-19)35-17(3)13-23(33-35)27(28,29)30/h5-16H,1-4H3. The van der Waals surface area contributed by atoms with E-state index in [0.29, 0.717) is 28.9 Å². The van der Waals surface area contributed by atoms with Gasteiger partial charge in [-0.15, -0.1) is 0 Å². The lowest BCUT2D eigenvalue weighted by atomic mass is 9.94. The van der Waals surface area contributed by atoms with E-state index in [2.05, 4.69) is 30.0 Å². The monoisotopic (exact) mass is 491 g/mol. The van der Waals surface area contributed by atoms with Crippen LogP contribution in [0.25, 0.3) is 28.0 Å². The van der Waals surface area contributed by atoms with Crippen LogP contribution in [0.3, 0.4) is 0 Å². The number of benzene rings is 2. The lowest BCUT2D eigenvalue weighted by Gasteiger charge is -2.14. The van der Waals surface area contributed by atoms with Crippen LogP contribution >= 0.6 is 0 Å². The molecule has 0 N–H and O–H groups in total. The molecular weight excluding hydrogens is 467 g/mol. The number of aromatic nitrogens is 5. The fourth-order valence-corrected chi connectivity index (χ4v) is 4.21. The van der Waals surface area contributed by atoms with Gasteiger partial charge in [0.2, 0.25) is 5.88 Å². The van der Waals surface area contributed by atoms with Gasteiger partial charge in [-0.1, -0.05) is 38.1 Å². The number of ether oxygens (including phenoxy) is 1. The average molecular weight is 492 g/mol. The number of pyridine rings is 1. The highest BCUT2D eigenvalue weighted by atomic mass is 19.4. The van der Waals surface area contributed by atoms with Gasteiger partial charge in [-0.3, -0.25) is 0 Å². The largest absolute Gasteiger partial charge is 0.439 e. The van der Waals surface area contributed by atoms with Crippen molar-refractivity contribution in [2.45, 2.75) is 32.9 Å². The molecule has 0 aliphatic carbocycles. The average Bonchev–Trinajstić information content (AvgIpc) is 3.42. The van der Waals surface area contributed by atoms with Gasteiger partial charge in [0.1, 0.15) is 17.0 Å². The zero-order valence-corrected chi connectivity index (χ0v) is 20.2. The van der Waals surface area contributed by atoms with Crippen LogP contribution in [0, 0.1) is 6.92 Å². The van der Waals surface area contributed by atoms with Crippen LogP contribution in [-0.2, 0) is 13.2 Å². The molecule has 0 fully saturated rings. The summed E-state index contributed by atoms with van der Waals surface area (Å²) in [4.78, 5) is 9.38. The minimum atomic E-state index is -4.50. The van der Waals surface area contributed by atoms with Crippen molar-refractivity contribution in [2.24, 2.45) is 7.05 Å². The van der Waals surface area contributed by atoms with E-state index in [4.69, 9.17) is 9.72 Å². The molecule has 3 heterocycles. The molecule has 36 heavy (non-hydrogen) atoms. The van der Waals surface area contributed by atoms with Crippen molar-refractivity contribution in [1.82, 2.24) is 24.3 Å². The smallest absolute Gasteiger partial charge is 0.435 e. The molecular formula is C27H24F3N5O. The third-order valence-corrected chi connectivity index (χ3v) is 6.01. The molecule has 9 heteroatoms. The number of rotatable bonds is 5. The minimum absolute atomic E-state index is 0.294. The molecule has 5 aromatic rings. The first-order valence-electron chi connectivity index (χ1n) is 11.5. The summed E-state index contributed by atoms with van der Waals surface area (Å²) in [6.07, 6.45) is -2.75. The highest BCUT2D eigenvalue weighted by Gasteiger charge is 2.34. The number of halogens is 3. The molecule has 0 radical (unpaired) electrons. The molecule has 6 nitrogen and oxygen atoms in total. The number of imidazole rings is 1. The van der Waals surface area contributed by atoms with E-state index in [1.807, 2.05) is 35.9 Å². The van der Waals surface area contributed by atoms with Gasteiger partial charge >= 0.3 is 6.18 Å². The van der Waals surface area contributed by atoms with E-state index in [0.717, 1.165) is 33.9 Å². The van der Waals surface area contributed by atoms with Crippen molar-refractivity contribution in [3.05, 3.63) is 83.9 Å². The van der Waals surface area contributed by atoms with Crippen LogP contribution in [0.15, 0.2) is 67.0 Å². The molecule has 0 aliphatic heterocycles. The van der Waals surface area contributed by atoms with Crippen molar-refractivity contribution in [2.75, 3.05) is 0 Å². The van der Waals surface area contributed by atoms with Crippen molar-refractivity contribution in [1.29, 1.82) is 0 Å². The number of hydrogen-bond donors (Lipinski definition) is 0. The van der Waals surface area contributed by atoms with E-state index in [-0.39, 0.29) is 0 Å². The molecule has 2 aromatic carbocycles. The Balaban J connectivity index is 1.51. The third kappa shape index (κ3) is 4.32. The van der Waals surface area contributed by atoms with Gasteiger partial charge in [0.25, 0.3) is 0 Å². The Morgan fingerprint density at radius 3 is 2.36 bits per heavy atom. The summed E-state index contributed by atoms with van der Waals surface area (Å²) in [6, 6.07) is 17.6. The minimum Gasteiger partial charge on any atom is -0.439 e. The topological polar surface area (TPSA) is 57.8 Å². The molecule has 0 spiro atoms. The number of fused-ring (bicyclic) bond motifs is 1. The summed E-state index contributed by atoms with van der Waals surface area (Å²) in [5.74, 6) is 1.18. The summed E-state index contributed by atoms with van der Waals surface area (Å²) in [5, 5.41) is 3.70. The second kappa shape index (κ2) is 8.82. The zero-order valence-electron chi connectivity index (χ0n) is 20.2. The number of aryl methyl sites for hydroxylation is 2. The normalized spacial score (nSPS) is 12.0. The molecule has 0 unspecified atom stereocenters. The third-order valence-electron chi connectivity index (χ3n) is 6.01. The van der Waals surface area contributed by atoms with Crippen molar-refractivity contribution in [3.8, 4) is 28.6 Å². The van der Waals surface area contributed by atoms with Gasteiger partial charge in [-0.2, -0.15) is 18.3 Å². The maximum atomic E-state index is 13.0. The van der Waals surface area contributed by atoms with Crippen LogP contribution in [-0.4, -0.2) is 24.3 Å². The van der Waals surface area contributed by atoms with Crippen LogP contribution < -0.4 is 4.74 Å². The summed E-state index contributed by atoms with van der Waals surface area (Å²) < 4.78 is 48.4. The van der Waals surface area contributed by atoms with E-state index >= 15 is 0 Å². The molecule has 0 aliphatic rings. The zero-order chi connectivity index (χ0) is 25.6. The fourth-order valence-electron chi connectivity index (χ4n) is 4.21. The second-order valence-electron chi connectivity index (χ2n) is 8.95. The molecule has 3 aromatic heterocycles. The Hall–Kier alpha value is -4.14. The maximum absolute atomic E-state index is 13.0. The van der Waals surface area contributed by atoms with E-state index in [1.54, 1.807) is 37.5 Å². The Kier molecular flexibility index (Phi) is 5.78. The van der Waals surface area contributed by atoms with Crippen LogP contribution in [0.2, 0.25) is 0 Å². The molecule has 0 atom stereocenters. The SMILES string of the molecule is Cc1cc(C(F)(F)F)nn1-c1ccc(Oc2cc3c(ncn3C)c(-c3ccccc3C(C)C)n2)cc1. The van der Waals surface area contributed by atoms with Crippen molar-refractivity contribution in [3.63, 3.8) is 0 Å². The number of nitrogens with zero attached hydrogens (tertiary/aromatic N) is 5. The second-order valence-corrected chi connectivity index (χ2v) is 8.95. The lowest BCUT2D eigenvalue weighted by Crippen LogP contribution is -2.07. The van der Waals surface area contributed by atoms with Gasteiger partial charge in [0.05, 0.1) is 17.5 Å². The Morgan fingerprint density at radius 1 is 0.972 bits per heavy atom. The van der Waals surface area contributed by atoms with Gasteiger partial charge < -0.3 is 9.30 Å². The van der Waals surface area contributed by atoms with E-state index in [1.165, 1.54) is 4.68 Å². The van der Waals surface area contributed by atoms with Crippen molar-refractivity contribution >= 4 is 11.0 Å². The quantitative estimate of drug-likeness (QED) is 0.264. The van der Waals surface area contributed by atoms with Gasteiger partial charge in [0, 0.05) is 24.4 Å². The van der Waals surface area contributed by atoms with Gasteiger partial charge in [0.15, 0.2) is 5.69 Å². The molecule has 184 valence electrons. The van der Waals surface area contributed by atoms with Crippen molar-refractivity contribution < 1.29 is 17.9 Å². The molecule has 0 bridgehead atoms. The molecule has 5 rings (SSSR count). The van der Waals surface area contributed by atoms with Crippen LogP contribution in [0.5, 0.6) is 11.6 Å². The van der Waals surface area contributed by atoms with Gasteiger partial charge in [-0.05, 0) is 48.7 Å². The highest BCUT2D eigenvalue weighted by molar-refractivity contribution is 5.91. The molecule has 0 saturated heterocycles. The Morgan fingerprint density at radius 2 is 1.69 bits per heavy atom. The lowest BCUT2D eigenvalue weighted by molar-refractivity contribution is -0.141. The van der Waals surface area contributed by atoms with Crippen LogP contribution in [0.4, 0.5) is 13.2 Å². The summed E-state index contributed by atoms with van der Waals surface area (Å²) in [5.41, 5.74) is 4.49. The van der Waals surface area contributed by atoms with Gasteiger partial charge in [-0.25, -0.2) is 14.6 Å². The van der Waals surface area contributed by atoms with E-state index in [9.17, 15) is 13.2 Å². The summed E-state index contributed by atoms with van der Waals surface area (Å²) in [7, 11) is 1.91. The maximum Gasteiger partial charge on any atom is 0.435 e. The first-order chi connectivity index (χ1) is 17.1. The summed E-state index contributed by atoms with van der Waals surface area (Å²) in [6.45, 7) is 5.85. The fraction of sp³-hybridized carbons (Fsp3) is 0.222. The van der Waals surface area contributed by atoms with E-state index < -0.39 is 11.9 Å². The molecule has 0 amide bonds. The first kappa shape index (κ1) is 23.6. The Bertz CT molecular complexity index is 1550. The van der Waals surface area contributed by atoms with Crippen LogP contribution in [0.1, 0.15) is 36.7 Å². The number of hydrogen-bond acceptors (Lipinski definition) is 4. The first-order valence-corrected chi connectivity index (χ1v) is 11.5.